The third-order valence-corrected chi connectivity index (χ3v) is 18.6. The highest BCUT2D eigenvalue weighted by Gasteiger charge is 2.40. The van der Waals surface area contributed by atoms with Crippen LogP contribution in [0.1, 0.15) is 112 Å². The molecule has 17 amide bonds. The van der Waals surface area contributed by atoms with Gasteiger partial charge in [0.1, 0.15) is 96.9 Å². The number of nitrogens with two attached hydrogens (primary N) is 3. The van der Waals surface area contributed by atoms with E-state index in [4.69, 9.17) is 22.3 Å². The predicted octanol–water partition coefficient (Wildman–Crippen LogP) is -13.1. The number of benzene rings is 1. The molecule has 0 spiro atoms. The van der Waals surface area contributed by atoms with Crippen molar-refractivity contribution in [2.45, 2.75) is 210 Å². The minimum atomic E-state index is -2.08. The van der Waals surface area contributed by atoms with Crippen molar-refractivity contribution in [1.29, 1.82) is 0 Å². The van der Waals surface area contributed by atoms with Gasteiger partial charge in [-0.3, -0.25) is 91.1 Å². The second-order valence-electron chi connectivity index (χ2n) is 28.6. The number of carboxylic acid groups (broad SMARTS) is 2. The lowest BCUT2D eigenvalue weighted by molar-refractivity contribution is -0.142. The van der Waals surface area contributed by atoms with Gasteiger partial charge in [0.2, 0.25) is 100 Å². The molecule has 2 aromatic rings. The van der Waals surface area contributed by atoms with Gasteiger partial charge >= 0.3 is 11.9 Å². The Kier molecular flexibility index (Phi) is 46.3. The van der Waals surface area contributed by atoms with E-state index in [0.717, 1.165) is 13.8 Å². The van der Waals surface area contributed by atoms with Gasteiger partial charge in [-0.1, -0.05) is 66.5 Å². The van der Waals surface area contributed by atoms with Crippen molar-refractivity contribution < 1.29 is 137 Å². The molecule has 676 valence electrons. The topological polar surface area (TPSA) is 806 Å². The molecular weight excluding hydrogens is 1610 g/mol. The number of carbonyl (C=O) groups is 19. The quantitative estimate of drug-likeness (QED) is 0.0274. The summed E-state index contributed by atoms with van der Waals surface area (Å²) in [5.41, 5.74) is 17.9. The summed E-state index contributed by atoms with van der Waals surface area (Å²) >= 11 is 0. The van der Waals surface area contributed by atoms with Crippen molar-refractivity contribution in [1.82, 2.24) is 95.0 Å². The molecule has 49 heteroatoms. The van der Waals surface area contributed by atoms with E-state index in [9.17, 15) is 132 Å². The maximum Gasteiger partial charge on any atom is 0.322 e. The van der Waals surface area contributed by atoms with Crippen LogP contribution in [0.5, 0.6) is 5.75 Å². The number of imidazole rings is 1. The van der Waals surface area contributed by atoms with Crippen molar-refractivity contribution in [3.63, 3.8) is 0 Å². The van der Waals surface area contributed by atoms with Crippen LogP contribution in [0.2, 0.25) is 0 Å². The maximum absolute atomic E-state index is 14.4. The van der Waals surface area contributed by atoms with E-state index < -0.39 is 292 Å². The second kappa shape index (κ2) is 53.4. The number of unbranched alkanes of at least 4 members (excludes halogenated alkanes) is 1. The highest BCUT2D eigenvalue weighted by Crippen LogP contribution is 2.16. The normalized spacial score (nSPS) is 15.6. The van der Waals surface area contributed by atoms with E-state index >= 15 is 0 Å². The van der Waals surface area contributed by atoms with Crippen LogP contribution in [-0.2, 0) is 104 Å². The highest BCUT2D eigenvalue weighted by atomic mass is 16.4. The smallest absolute Gasteiger partial charge is 0.322 e. The largest absolute Gasteiger partial charge is 0.508 e. The Bertz CT molecular complexity index is 3860. The van der Waals surface area contributed by atoms with Crippen LogP contribution in [-0.4, -0.2) is 318 Å². The van der Waals surface area contributed by atoms with Crippen LogP contribution in [0, 0.1) is 17.8 Å². The van der Waals surface area contributed by atoms with Crippen LogP contribution < -0.4 is 102 Å². The van der Waals surface area contributed by atoms with Gasteiger partial charge in [-0.2, -0.15) is 0 Å². The Morgan fingerprint density at radius 2 is 0.810 bits per heavy atom. The number of primary amides is 1. The number of nitrogens with one attached hydrogen (secondary N) is 17. The molecule has 18 atom stereocenters. The molecular formula is C72H115N21O28. The van der Waals surface area contributed by atoms with Gasteiger partial charge in [0.05, 0.1) is 70.9 Å². The first-order valence-corrected chi connectivity index (χ1v) is 38.4. The SMILES string of the molecule is CC[C@H](C)[C@H](NC(=O)[C@@H](NC(=O)[C@H](CO)NC(=O)CNC(=O)[C@H](CO)NC(=O)[C@H](CO)NC(=O)[C@H](CO)NC(=O)[C@@H](NC(=O)[C@@H](N)Cc1ccc(O)cc1)[C@@H](C)CC)[C@@H](C)O)C(=O)N[C@@H](Cc1cnc[nH]1)C(=O)N[C@@H](CC(N)=O)C(=O)N[C@@H](C)C(=O)N[C@@H](CC(=O)O)C(=O)N[C@@H](CO)C(=O)N[C@H](C(=O)N[C@@H](CCCCN)C(=O)NCC(=O)O)C(C)C. The van der Waals surface area contributed by atoms with Gasteiger partial charge in [0.15, 0.2) is 0 Å². The van der Waals surface area contributed by atoms with Gasteiger partial charge in [0, 0.05) is 18.3 Å². The van der Waals surface area contributed by atoms with Gasteiger partial charge in [-0.25, -0.2) is 4.98 Å². The Balaban J connectivity index is 2.24. The number of aliphatic hydroxyl groups excluding tert-OH is 6. The zero-order valence-electron chi connectivity index (χ0n) is 67.9. The fourth-order valence-electron chi connectivity index (χ4n) is 11.1. The van der Waals surface area contributed by atoms with Gasteiger partial charge in [-0.05, 0) is 81.5 Å². The Labute approximate surface area is 693 Å². The average molecular weight is 1720 g/mol. The average Bonchev–Trinajstić information content (AvgIpc) is 1.51. The molecule has 0 aliphatic rings. The lowest BCUT2D eigenvalue weighted by Crippen LogP contribution is -2.63. The Hall–Kier alpha value is -12.2. The van der Waals surface area contributed by atoms with E-state index in [1.165, 1.54) is 57.6 Å². The fraction of sp³-hybridized carbons (Fsp3) is 0.611. The van der Waals surface area contributed by atoms with Crippen LogP contribution in [0.25, 0.3) is 0 Å². The lowest BCUT2D eigenvalue weighted by Gasteiger charge is -2.30. The van der Waals surface area contributed by atoms with Gasteiger partial charge in [-0.15, -0.1) is 0 Å². The number of hydrogen-bond acceptors (Lipinski definition) is 29. The summed E-state index contributed by atoms with van der Waals surface area (Å²) in [5.74, 6) is -25.4. The summed E-state index contributed by atoms with van der Waals surface area (Å²) in [6, 6.07) is -20.3. The van der Waals surface area contributed by atoms with E-state index in [-0.39, 0.29) is 37.3 Å². The number of phenols is 1. The molecule has 1 aromatic heterocycles. The number of carboxylic acids is 2. The van der Waals surface area contributed by atoms with Crippen molar-refractivity contribution in [3.05, 3.63) is 48.0 Å². The van der Waals surface area contributed by atoms with Crippen molar-refractivity contribution >= 4 is 112 Å². The molecule has 0 fully saturated rings. The minimum absolute atomic E-state index is 0.000928. The molecule has 0 aliphatic carbocycles. The summed E-state index contributed by atoms with van der Waals surface area (Å²) in [5, 5.41) is 125. The second-order valence-corrected chi connectivity index (χ2v) is 28.6. The number of aliphatic hydroxyl groups is 6. The summed E-state index contributed by atoms with van der Waals surface area (Å²) in [6.07, 6.45) is -0.924. The molecule has 32 N–H and O–H groups in total. The zero-order valence-corrected chi connectivity index (χ0v) is 67.9. The molecule has 1 heterocycles. The number of nitrogens with zero attached hydrogens (tertiary/aromatic N) is 1. The lowest BCUT2D eigenvalue weighted by atomic mass is 9.96. The van der Waals surface area contributed by atoms with Crippen LogP contribution in [0.15, 0.2) is 36.8 Å². The third kappa shape index (κ3) is 36.5. The van der Waals surface area contributed by atoms with Crippen molar-refractivity contribution in [2.24, 2.45) is 35.0 Å². The van der Waals surface area contributed by atoms with Crippen molar-refractivity contribution in [2.75, 3.05) is 52.7 Å². The molecule has 0 radical (unpaired) electrons. The number of aromatic nitrogens is 2. The first-order valence-electron chi connectivity index (χ1n) is 38.4. The minimum Gasteiger partial charge on any atom is -0.508 e. The van der Waals surface area contributed by atoms with E-state index in [2.05, 4.69) is 84.4 Å². The maximum atomic E-state index is 14.4. The number of aliphatic carboxylic acids is 2. The van der Waals surface area contributed by atoms with E-state index in [1.807, 2.05) is 10.6 Å². The van der Waals surface area contributed by atoms with Gasteiger partial charge in [0.25, 0.3) is 0 Å². The molecule has 0 saturated heterocycles. The Morgan fingerprint density at radius 3 is 1.27 bits per heavy atom. The van der Waals surface area contributed by atoms with Crippen molar-refractivity contribution in [3.8, 4) is 5.75 Å². The number of amides is 17. The fourth-order valence-corrected chi connectivity index (χ4v) is 11.1. The van der Waals surface area contributed by atoms with Crippen LogP contribution in [0.4, 0.5) is 0 Å². The molecule has 2 rings (SSSR count). The number of phenolic OH excluding ortho intramolecular Hbond substituents is 1. The molecule has 49 nitrogen and oxygen atoms in total. The zero-order chi connectivity index (χ0) is 91.7. The number of hydrogen-bond donors (Lipinski definition) is 29. The molecule has 1 aromatic carbocycles. The summed E-state index contributed by atoms with van der Waals surface area (Å²) in [4.78, 5) is 259. The van der Waals surface area contributed by atoms with E-state index in [1.54, 1.807) is 20.8 Å². The Morgan fingerprint density at radius 1 is 0.421 bits per heavy atom. The summed E-state index contributed by atoms with van der Waals surface area (Å²) < 4.78 is 0. The number of carbonyl (C=O) groups excluding carboxylic acids is 17. The number of H-pyrrole nitrogens is 1. The van der Waals surface area contributed by atoms with E-state index in [0.29, 0.717) is 24.8 Å². The first kappa shape index (κ1) is 105. The number of aromatic hydroxyl groups is 1. The van der Waals surface area contributed by atoms with Crippen LogP contribution in [0.3, 0.4) is 0 Å². The predicted molar refractivity (Wildman–Crippen MR) is 418 cm³/mol. The molecule has 0 saturated carbocycles. The summed E-state index contributed by atoms with van der Waals surface area (Å²) in [6.45, 7) is 3.87. The molecule has 0 bridgehead atoms. The van der Waals surface area contributed by atoms with Gasteiger partial charge < -0.3 is 153 Å². The molecule has 0 aliphatic heterocycles. The third-order valence-electron chi connectivity index (χ3n) is 18.6. The standard InChI is InChI=1S/C72H115N21O28/c1-9-33(5)55(91-59(108)40(74)19-37-14-16-39(100)17-15-37)71(120)89-48(29-97)66(115)88-47(28-96)65(114)86-45(26-94)61(110)77-24-51(102)81-46(27-95)67(116)93-57(36(8)99)72(121)92-56(34(6)10-2)70(119)85-42(20-38-23-76-31-79-38)63(112)84-43(21-50(75)101)62(111)80-35(7)58(107)83-44(22-52(103)104)64(113)87-49(30-98)68(117)90-54(32(3)4)69(118)82-41(13-11-12-18-73)60(109)78-25-53(105)106/h14-17,23,31-36,40-49,54-57,94-100H,9-13,18-22,24-30,73-74H2,1-8H3,(H2,75,101)(H,76,79)(H,77,110)(H,78,109)(H,80,111)(H,81,102)(H,82,118)(H,83,107)(H,84,112)(H,85,119)(H,86,114)(H,87,113)(H,88,115)(H,89,120)(H,90,117)(H,91,108)(H,92,121)(H,93,116)(H,103,104)(H,105,106)/t33-,34-,35-,36+,40-,41-,42-,43-,44-,45-,46-,47-,48-,49-,54-,55-,56-,57-/m0/s1. The van der Waals surface area contributed by atoms with Crippen LogP contribution >= 0.6 is 0 Å². The number of aromatic amines is 1. The first-order chi connectivity index (χ1) is 56.9. The monoisotopic (exact) mass is 1720 g/mol. The summed E-state index contributed by atoms with van der Waals surface area (Å²) in [7, 11) is 0. The molecule has 0 unspecified atom stereocenters. The molecule has 121 heavy (non-hydrogen) atoms. The highest BCUT2D eigenvalue weighted by molar-refractivity contribution is 6.02. The number of rotatable bonds is 56.